The van der Waals surface area contributed by atoms with Crippen LogP contribution < -0.4 is 9.88 Å². The van der Waals surface area contributed by atoms with Gasteiger partial charge < -0.3 is 9.64 Å². The second-order valence-corrected chi connectivity index (χ2v) is 11.2. The lowest BCUT2D eigenvalue weighted by molar-refractivity contribution is -0.117. The van der Waals surface area contributed by atoms with E-state index in [9.17, 15) is 17.8 Å². The summed E-state index contributed by atoms with van der Waals surface area (Å²) in [4.78, 5) is 15.3. The maximum absolute atomic E-state index is 13.2. The number of amides is 1. The van der Waals surface area contributed by atoms with Crippen LogP contribution in [0.1, 0.15) is 66.3 Å². The number of hydrogen-bond donors (Lipinski definition) is 1. The van der Waals surface area contributed by atoms with E-state index in [1.54, 1.807) is 25.1 Å². The lowest BCUT2D eigenvalue weighted by Crippen LogP contribution is -2.18. The highest BCUT2D eigenvalue weighted by Crippen LogP contribution is 2.45. The van der Waals surface area contributed by atoms with Gasteiger partial charge in [-0.1, -0.05) is 26.0 Å². The molecule has 1 atom stereocenters. The minimum absolute atomic E-state index is 0.0322. The minimum Gasteiger partial charge on any atom is -0.435 e. The summed E-state index contributed by atoms with van der Waals surface area (Å²) >= 11 is 0. The van der Waals surface area contributed by atoms with Crippen molar-refractivity contribution in [3.05, 3.63) is 58.1 Å². The third-order valence-corrected chi connectivity index (χ3v) is 7.34. The van der Waals surface area contributed by atoms with E-state index in [1.807, 2.05) is 45.0 Å². The third kappa shape index (κ3) is 6.61. The molecular formula is C25H33F2N3O3S. The van der Waals surface area contributed by atoms with E-state index in [-0.39, 0.29) is 24.0 Å². The predicted molar refractivity (Wildman–Crippen MR) is 129 cm³/mol. The van der Waals surface area contributed by atoms with Crippen LogP contribution in [0, 0.1) is 6.92 Å². The number of benzene rings is 2. The molecule has 2 N–H and O–H groups in total. The number of carbonyl (C=O) groups is 1. The average Bonchev–Trinajstić information content (AvgIpc) is 3.52. The molecule has 3 rings (SSSR count). The number of hydrogen-bond acceptors (Lipinski definition) is 4. The molecule has 0 radical (unpaired) electrons. The SMILES string of the molecule is Cc1cc(CN(C)C)ccc1S(N)(=O)=NC(=O)Cc1c(C(C)C)cc(OC(F)F)cc1C1CC1. The van der Waals surface area contributed by atoms with E-state index in [2.05, 4.69) is 9.10 Å². The van der Waals surface area contributed by atoms with Crippen LogP contribution in [-0.2, 0) is 27.7 Å². The number of nitrogens with zero attached hydrogens (tertiary/aromatic N) is 2. The van der Waals surface area contributed by atoms with Gasteiger partial charge in [-0.25, -0.2) is 9.35 Å². The molecule has 1 aliphatic rings. The van der Waals surface area contributed by atoms with Crippen molar-refractivity contribution >= 4 is 15.8 Å². The standard InChI is InChI=1S/C25H33F2N3O3S/c1-15(2)20-11-19(33-25(26)27)12-21(18-7-8-18)22(20)13-24(31)29-34(28,32)23-9-6-17(10-16(23)3)14-30(4)5/h6,9-12,15,18,25H,7-8,13-14H2,1-5H3,(H2,28,29,31,32). The van der Waals surface area contributed by atoms with Gasteiger partial charge in [0.25, 0.3) is 5.91 Å². The number of alkyl halides is 2. The van der Waals surface area contributed by atoms with Gasteiger partial charge in [0.2, 0.25) is 0 Å². The molecule has 0 bridgehead atoms. The first-order valence-corrected chi connectivity index (χ1v) is 12.9. The summed E-state index contributed by atoms with van der Waals surface area (Å²) in [6, 6.07) is 8.54. The Morgan fingerprint density at radius 1 is 1.24 bits per heavy atom. The van der Waals surface area contributed by atoms with Gasteiger partial charge in [-0.05, 0) is 91.7 Å². The minimum atomic E-state index is -3.44. The van der Waals surface area contributed by atoms with Gasteiger partial charge in [-0.2, -0.15) is 8.78 Å². The molecule has 1 aliphatic carbocycles. The van der Waals surface area contributed by atoms with Crippen molar-refractivity contribution < 1.29 is 22.5 Å². The Balaban J connectivity index is 1.95. The predicted octanol–water partition coefficient (Wildman–Crippen LogP) is 5.13. The lowest BCUT2D eigenvalue weighted by atomic mass is 9.89. The van der Waals surface area contributed by atoms with Crippen molar-refractivity contribution in [1.82, 2.24) is 4.90 Å². The van der Waals surface area contributed by atoms with Crippen molar-refractivity contribution in [2.24, 2.45) is 9.50 Å². The van der Waals surface area contributed by atoms with E-state index >= 15 is 0 Å². The second kappa shape index (κ2) is 10.5. The lowest BCUT2D eigenvalue weighted by Gasteiger charge is -2.19. The van der Waals surface area contributed by atoms with Crippen LogP contribution in [0.5, 0.6) is 5.75 Å². The van der Waals surface area contributed by atoms with Gasteiger partial charge >= 0.3 is 6.61 Å². The number of rotatable bonds is 9. The zero-order valence-electron chi connectivity index (χ0n) is 20.3. The molecule has 6 nitrogen and oxygen atoms in total. The van der Waals surface area contributed by atoms with E-state index in [4.69, 9.17) is 5.14 Å². The molecule has 0 aliphatic heterocycles. The van der Waals surface area contributed by atoms with Gasteiger partial charge in [-0.15, -0.1) is 4.36 Å². The van der Waals surface area contributed by atoms with Crippen LogP contribution in [0.15, 0.2) is 39.6 Å². The summed E-state index contributed by atoms with van der Waals surface area (Å²) in [6.45, 7) is 3.44. The summed E-state index contributed by atoms with van der Waals surface area (Å²) < 4.78 is 47.5. The van der Waals surface area contributed by atoms with Crippen molar-refractivity contribution in [2.75, 3.05) is 14.1 Å². The van der Waals surface area contributed by atoms with Crippen molar-refractivity contribution in [3.63, 3.8) is 0 Å². The third-order valence-electron chi connectivity index (χ3n) is 5.78. The molecule has 186 valence electrons. The first-order valence-electron chi connectivity index (χ1n) is 11.3. The molecule has 2 aromatic rings. The van der Waals surface area contributed by atoms with E-state index < -0.39 is 22.4 Å². The first-order chi connectivity index (χ1) is 15.9. The molecule has 0 heterocycles. The van der Waals surface area contributed by atoms with Crippen molar-refractivity contribution in [2.45, 2.75) is 69.9 Å². The summed E-state index contributed by atoms with van der Waals surface area (Å²) in [5.41, 5.74) is 4.04. The maximum atomic E-state index is 13.2. The Morgan fingerprint density at radius 2 is 1.91 bits per heavy atom. The van der Waals surface area contributed by atoms with Crippen LogP contribution in [0.4, 0.5) is 8.78 Å². The molecule has 1 fully saturated rings. The summed E-state index contributed by atoms with van der Waals surface area (Å²) in [5.74, 6) is -0.356. The van der Waals surface area contributed by atoms with E-state index in [0.717, 1.165) is 41.6 Å². The van der Waals surface area contributed by atoms with Gasteiger partial charge in [0.15, 0.2) is 0 Å². The van der Waals surface area contributed by atoms with Crippen LogP contribution in [0.3, 0.4) is 0 Å². The van der Waals surface area contributed by atoms with Gasteiger partial charge in [0, 0.05) is 6.54 Å². The number of halogens is 2. The highest BCUT2D eigenvalue weighted by Gasteiger charge is 2.30. The Bertz CT molecular complexity index is 1160. The number of aryl methyl sites for hydroxylation is 1. The molecule has 0 aromatic heterocycles. The van der Waals surface area contributed by atoms with Gasteiger partial charge in [0.1, 0.15) is 15.7 Å². The quantitative estimate of drug-likeness (QED) is 0.525. The van der Waals surface area contributed by atoms with Crippen molar-refractivity contribution in [3.8, 4) is 5.75 Å². The van der Waals surface area contributed by atoms with Crippen molar-refractivity contribution in [1.29, 1.82) is 0 Å². The van der Waals surface area contributed by atoms with Crippen LogP contribution in [0.2, 0.25) is 0 Å². The molecule has 1 amide bonds. The van der Waals surface area contributed by atoms with Gasteiger partial charge in [0.05, 0.1) is 11.3 Å². The first kappa shape index (κ1) is 26.2. The largest absolute Gasteiger partial charge is 0.435 e. The van der Waals surface area contributed by atoms with Crippen LogP contribution in [0.25, 0.3) is 0 Å². The molecule has 9 heteroatoms. The zero-order valence-corrected chi connectivity index (χ0v) is 21.1. The van der Waals surface area contributed by atoms with Crippen LogP contribution >= 0.6 is 0 Å². The smallest absolute Gasteiger partial charge is 0.387 e. The topological polar surface area (TPSA) is 85.0 Å². The summed E-state index contributed by atoms with van der Waals surface area (Å²) in [6.07, 6.45) is 1.74. The normalized spacial score (nSPS) is 15.6. The highest BCUT2D eigenvalue weighted by atomic mass is 32.2. The summed E-state index contributed by atoms with van der Waals surface area (Å²) in [7, 11) is 0.468. The molecule has 0 saturated heterocycles. The Hall–Kier alpha value is -2.36. The van der Waals surface area contributed by atoms with E-state index in [0.29, 0.717) is 10.5 Å². The molecule has 2 aromatic carbocycles. The average molecular weight is 494 g/mol. The molecular weight excluding hydrogens is 460 g/mol. The molecule has 34 heavy (non-hydrogen) atoms. The fourth-order valence-corrected chi connectivity index (χ4v) is 5.47. The molecule has 1 unspecified atom stereocenters. The summed E-state index contributed by atoms with van der Waals surface area (Å²) in [5, 5.41) is 6.06. The zero-order chi connectivity index (χ0) is 25.2. The number of nitrogens with two attached hydrogens (primary N) is 1. The Morgan fingerprint density at radius 3 is 2.44 bits per heavy atom. The van der Waals surface area contributed by atoms with Gasteiger partial charge in [-0.3, -0.25) is 4.79 Å². The van der Waals surface area contributed by atoms with Crippen LogP contribution in [-0.4, -0.2) is 35.7 Å². The maximum Gasteiger partial charge on any atom is 0.387 e. The van der Waals surface area contributed by atoms with E-state index in [1.165, 1.54) is 0 Å². The number of carbonyl (C=O) groups excluding carboxylic acids is 1. The fraction of sp³-hybridized carbons (Fsp3) is 0.480. The second-order valence-electron chi connectivity index (χ2n) is 9.46. The molecule has 1 saturated carbocycles. The Kier molecular flexibility index (Phi) is 8.10. The fourth-order valence-electron chi connectivity index (χ4n) is 4.22. The Labute approximate surface area is 200 Å². The highest BCUT2D eigenvalue weighted by molar-refractivity contribution is 7.91. The number of ether oxygens (including phenoxy) is 1. The monoisotopic (exact) mass is 493 g/mol. The molecule has 0 spiro atoms.